The topological polar surface area (TPSA) is 108 Å². The van der Waals surface area contributed by atoms with Crippen LogP contribution in [0, 0.1) is 0 Å². The average molecular weight is 947 g/mol. The van der Waals surface area contributed by atoms with Crippen LogP contribution in [0.3, 0.4) is 0 Å². The van der Waals surface area contributed by atoms with Crippen molar-refractivity contribution in [3.63, 3.8) is 0 Å². The summed E-state index contributed by atoms with van der Waals surface area (Å²) in [5.74, 6) is -2.07. The third kappa shape index (κ3) is 49.6. The van der Waals surface area contributed by atoms with Gasteiger partial charge in [0.15, 0.2) is 6.10 Å². The number of carbonyl (C=O) groups is 3. The smallest absolute Gasteiger partial charge is 0.361 e. The molecule has 384 valence electrons. The first-order chi connectivity index (χ1) is 33.1. The lowest BCUT2D eigenvalue weighted by molar-refractivity contribution is -0.870. The first-order valence-electron chi connectivity index (χ1n) is 26.2. The predicted molar refractivity (Wildman–Crippen MR) is 285 cm³/mol. The molecule has 0 aliphatic heterocycles. The van der Waals surface area contributed by atoms with Crippen molar-refractivity contribution >= 4 is 17.9 Å². The van der Waals surface area contributed by atoms with Crippen LogP contribution in [0.25, 0.3) is 0 Å². The fourth-order valence-electron chi connectivity index (χ4n) is 6.42. The van der Waals surface area contributed by atoms with Crippen molar-refractivity contribution in [3.8, 4) is 0 Å². The summed E-state index contributed by atoms with van der Waals surface area (Å²) in [6.45, 7) is 4.63. The lowest BCUT2D eigenvalue weighted by Crippen LogP contribution is -2.40. The summed E-state index contributed by atoms with van der Waals surface area (Å²) in [5, 5.41) is 9.65. The van der Waals surface area contributed by atoms with E-state index in [1.165, 1.54) is 6.42 Å². The molecule has 2 atom stereocenters. The SMILES string of the molecule is CC/C=C\C/C=C\C/C=C\C/C=C\C/C=C\C/C=C\C/C=C\C/C=C\C/C=C\CCCCCCCC(=O)OC(COC(=O)CCCCCCC/C=C\CCC)COC(OCC[N+](C)(C)C)C(=O)O. The van der Waals surface area contributed by atoms with Crippen LogP contribution in [0.2, 0.25) is 0 Å². The molecule has 68 heavy (non-hydrogen) atoms. The quantitative estimate of drug-likeness (QED) is 0.0211. The number of esters is 2. The Labute approximate surface area is 415 Å². The van der Waals surface area contributed by atoms with Crippen molar-refractivity contribution in [2.45, 2.75) is 187 Å². The lowest BCUT2D eigenvalue weighted by atomic mass is 10.1. The Balaban J connectivity index is 4.28. The molecule has 2 unspecified atom stereocenters. The molecule has 9 heteroatoms. The van der Waals surface area contributed by atoms with Crippen molar-refractivity contribution < 1.29 is 42.9 Å². The molecule has 0 fully saturated rings. The van der Waals surface area contributed by atoms with E-state index in [0.29, 0.717) is 17.4 Å². The van der Waals surface area contributed by atoms with Crippen molar-refractivity contribution in [2.24, 2.45) is 0 Å². The Kier molecular flexibility index (Phi) is 46.0. The molecule has 0 rings (SSSR count). The van der Waals surface area contributed by atoms with Gasteiger partial charge in [0.25, 0.3) is 6.29 Å². The van der Waals surface area contributed by atoms with Gasteiger partial charge in [-0.3, -0.25) is 9.59 Å². The number of carboxylic acids is 1. The number of quaternary nitrogens is 1. The number of aliphatic carboxylic acids is 1. The van der Waals surface area contributed by atoms with E-state index in [0.717, 1.165) is 135 Å². The van der Waals surface area contributed by atoms with Gasteiger partial charge in [-0.25, -0.2) is 4.79 Å². The number of unbranched alkanes of at least 4 members (excludes halogenated alkanes) is 11. The number of carbonyl (C=O) groups excluding carboxylic acids is 2. The Bertz CT molecular complexity index is 1520. The minimum Gasteiger partial charge on any atom is -0.477 e. The third-order valence-electron chi connectivity index (χ3n) is 10.4. The van der Waals surface area contributed by atoms with E-state index >= 15 is 0 Å². The van der Waals surface area contributed by atoms with Crippen molar-refractivity contribution in [3.05, 3.63) is 122 Å². The molecule has 0 saturated carbocycles. The maximum absolute atomic E-state index is 12.8. The molecular formula is C59H96NO8+. The molecule has 0 bridgehead atoms. The van der Waals surface area contributed by atoms with Crippen LogP contribution in [0.4, 0.5) is 0 Å². The second-order valence-electron chi connectivity index (χ2n) is 18.1. The molecule has 0 spiro atoms. The molecule has 0 aromatic heterocycles. The van der Waals surface area contributed by atoms with E-state index in [2.05, 4.69) is 135 Å². The molecule has 0 aromatic carbocycles. The van der Waals surface area contributed by atoms with E-state index in [4.69, 9.17) is 18.9 Å². The average Bonchev–Trinajstić information content (AvgIpc) is 3.30. The summed E-state index contributed by atoms with van der Waals surface area (Å²) in [5.41, 5.74) is 0. The highest BCUT2D eigenvalue weighted by atomic mass is 16.7. The zero-order valence-electron chi connectivity index (χ0n) is 43.5. The highest BCUT2D eigenvalue weighted by Crippen LogP contribution is 2.12. The minimum atomic E-state index is -1.52. The minimum absolute atomic E-state index is 0.175. The number of hydrogen-bond acceptors (Lipinski definition) is 7. The van der Waals surface area contributed by atoms with Gasteiger partial charge in [-0.15, -0.1) is 0 Å². The first kappa shape index (κ1) is 63.7. The zero-order chi connectivity index (χ0) is 49.9. The highest BCUT2D eigenvalue weighted by molar-refractivity contribution is 5.71. The van der Waals surface area contributed by atoms with Crippen LogP contribution in [0.15, 0.2) is 122 Å². The summed E-state index contributed by atoms with van der Waals surface area (Å²) < 4.78 is 22.7. The number of rotatable bonds is 46. The number of hydrogen-bond donors (Lipinski definition) is 1. The number of carboxylic acid groups (broad SMARTS) is 1. The molecule has 0 saturated heterocycles. The molecule has 0 amide bonds. The van der Waals surface area contributed by atoms with E-state index in [9.17, 15) is 19.5 Å². The van der Waals surface area contributed by atoms with Crippen molar-refractivity contribution in [2.75, 3.05) is 47.5 Å². The number of nitrogens with zero attached hydrogens (tertiary/aromatic N) is 1. The van der Waals surface area contributed by atoms with Gasteiger partial charge in [0.05, 0.1) is 34.4 Å². The van der Waals surface area contributed by atoms with Crippen LogP contribution in [-0.2, 0) is 33.3 Å². The Morgan fingerprint density at radius 3 is 1.26 bits per heavy atom. The van der Waals surface area contributed by atoms with Gasteiger partial charge in [-0.1, -0.05) is 180 Å². The van der Waals surface area contributed by atoms with Crippen molar-refractivity contribution in [1.82, 2.24) is 0 Å². The van der Waals surface area contributed by atoms with E-state index in [1.807, 2.05) is 21.1 Å². The molecular weight excluding hydrogens is 851 g/mol. The van der Waals surface area contributed by atoms with Gasteiger partial charge in [-0.2, -0.15) is 0 Å². The third-order valence-corrected chi connectivity index (χ3v) is 10.4. The van der Waals surface area contributed by atoms with E-state index in [1.54, 1.807) is 0 Å². The summed E-state index contributed by atoms with van der Waals surface area (Å²) in [6.07, 6.45) is 65.7. The molecule has 0 aromatic rings. The fraction of sp³-hybridized carbons (Fsp3) is 0.610. The molecule has 1 N–H and O–H groups in total. The first-order valence-corrected chi connectivity index (χ1v) is 26.2. The Morgan fingerprint density at radius 2 is 0.838 bits per heavy atom. The van der Waals surface area contributed by atoms with Crippen LogP contribution < -0.4 is 0 Å². The molecule has 0 heterocycles. The van der Waals surface area contributed by atoms with Gasteiger partial charge < -0.3 is 28.5 Å². The molecule has 0 radical (unpaired) electrons. The molecule has 0 aliphatic carbocycles. The summed E-state index contributed by atoms with van der Waals surface area (Å²) in [6, 6.07) is 0. The standard InChI is InChI=1S/C59H95NO8/c1-6-8-10-12-14-16-18-19-20-21-22-23-24-25-26-27-28-29-30-31-32-33-34-35-36-37-38-39-40-42-44-46-48-50-57(62)68-55(54-67-59(58(63)64)65-52-51-60(3,4)5)53-66-56(61)49-47-45-43-41-17-15-13-11-9-7-2/h8,10-11,13-14,16,19-20,22-23,25-26,28-29,31-32,34-35,37-38,55,59H,6-7,9,12,15,17-18,21,24,27,30,33,36,39-54H2,1-5H3/p+1/b10-8-,13-11-,16-14-,20-19-,23-22-,26-25-,29-28-,32-31-,35-34-,38-37-. The monoisotopic (exact) mass is 947 g/mol. The number of allylic oxidation sites excluding steroid dienone is 20. The highest BCUT2D eigenvalue weighted by Gasteiger charge is 2.25. The summed E-state index contributed by atoms with van der Waals surface area (Å²) >= 11 is 0. The second-order valence-corrected chi connectivity index (χ2v) is 18.1. The van der Waals surface area contributed by atoms with Crippen LogP contribution in [0.1, 0.15) is 174 Å². The Morgan fingerprint density at radius 1 is 0.456 bits per heavy atom. The number of ether oxygens (including phenoxy) is 4. The largest absolute Gasteiger partial charge is 0.477 e. The van der Waals surface area contributed by atoms with Gasteiger partial charge in [0.2, 0.25) is 0 Å². The number of likely N-dealkylation sites (N-methyl/N-ethyl adjacent to an activating group) is 1. The van der Waals surface area contributed by atoms with Gasteiger partial charge in [0, 0.05) is 12.8 Å². The van der Waals surface area contributed by atoms with Gasteiger partial charge >= 0.3 is 17.9 Å². The van der Waals surface area contributed by atoms with E-state index in [-0.39, 0.29) is 38.6 Å². The van der Waals surface area contributed by atoms with Gasteiger partial charge in [0.1, 0.15) is 13.2 Å². The lowest BCUT2D eigenvalue weighted by Gasteiger charge is -2.25. The zero-order valence-corrected chi connectivity index (χ0v) is 43.5. The molecule has 9 nitrogen and oxygen atoms in total. The van der Waals surface area contributed by atoms with Gasteiger partial charge in [-0.05, 0) is 103 Å². The maximum atomic E-state index is 12.8. The van der Waals surface area contributed by atoms with Crippen molar-refractivity contribution in [1.29, 1.82) is 0 Å². The summed E-state index contributed by atoms with van der Waals surface area (Å²) in [4.78, 5) is 37.1. The predicted octanol–water partition coefficient (Wildman–Crippen LogP) is 14.9. The fourth-order valence-corrected chi connectivity index (χ4v) is 6.42. The van der Waals surface area contributed by atoms with Crippen LogP contribution in [-0.4, -0.2) is 87.4 Å². The Hall–Kier alpha value is -4.31. The summed E-state index contributed by atoms with van der Waals surface area (Å²) in [7, 11) is 5.93. The van der Waals surface area contributed by atoms with Crippen LogP contribution in [0.5, 0.6) is 0 Å². The second kappa shape index (κ2) is 49.1. The normalized spacial score (nSPS) is 13.8. The maximum Gasteiger partial charge on any atom is 0.361 e. The van der Waals surface area contributed by atoms with E-state index < -0.39 is 24.3 Å². The van der Waals surface area contributed by atoms with Crippen LogP contribution >= 0.6 is 0 Å². The molecule has 0 aliphatic rings.